The topological polar surface area (TPSA) is 30.2 Å². The number of hydrogen-bond donors (Lipinski definition) is 0. The molecule has 0 unspecified atom stereocenters. The van der Waals surface area contributed by atoms with Crippen molar-refractivity contribution in [2.45, 2.75) is 13.3 Å². The summed E-state index contributed by atoms with van der Waals surface area (Å²) in [5, 5.41) is 4.71. The highest BCUT2D eigenvalue weighted by Crippen LogP contribution is 2.15. The summed E-state index contributed by atoms with van der Waals surface area (Å²) in [6, 6.07) is 1.92. The SMILES string of the molecule is CCc1cc(Cl)cn2ncnc12. The molecule has 62 valence electrons. The summed E-state index contributed by atoms with van der Waals surface area (Å²) in [6.07, 6.45) is 4.20. The van der Waals surface area contributed by atoms with E-state index in [1.165, 1.54) is 6.33 Å². The van der Waals surface area contributed by atoms with Gasteiger partial charge in [0.15, 0.2) is 5.65 Å². The predicted octanol–water partition coefficient (Wildman–Crippen LogP) is 1.95. The first kappa shape index (κ1) is 7.55. The molecule has 0 amide bonds. The third-order valence-electron chi connectivity index (χ3n) is 1.80. The summed E-state index contributed by atoms with van der Waals surface area (Å²) in [5.41, 5.74) is 2.02. The second-order valence-corrected chi connectivity index (χ2v) is 3.00. The van der Waals surface area contributed by atoms with E-state index < -0.39 is 0 Å². The van der Waals surface area contributed by atoms with Gasteiger partial charge in [0.2, 0.25) is 0 Å². The quantitative estimate of drug-likeness (QED) is 0.673. The molecule has 0 bridgehead atoms. The van der Waals surface area contributed by atoms with Gasteiger partial charge in [-0.15, -0.1) is 0 Å². The van der Waals surface area contributed by atoms with Crippen molar-refractivity contribution in [2.24, 2.45) is 0 Å². The van der Waals surface area contributed by atoms with Crippen LogP contribution in [0.3, 0.4) is 0 Å². The first-order chi connectivity index (χ1) is 5.81. The third kappa shape index (κ3) is 1.06. The molecule has 4 heteroatoms. The lowest BCUT2D eigenvalue weighted by Gasteiger charge is -1.99. The molecule has 2 heterocycles. The first-order valence-corrected chi connectivity index (χ1v) is 4.17. The van der Waals surface area contributed by atoms with Crippen LogP contribution >= 0.6 is 11.6 Å². The van der Waals surface area contributed by atoms with Crippen molar-refractivity contribution in [1.29, 1.82) is 0 Å². The Bertz CT molecular complexity index is 408. The zero-order valence-electron chi connectivity index (χ0n) is 6.66. The number of fused-ring (bicyclic) bond motifs is 1. The molecule has 0 aromatic carbocycles. The average Bonchev–Trinajstić information content (AvgIpc) is 2.50. The molecule has 0 N–H and O–H groups in total. The van der Waals surface area contributed by atoms with Crippen molar-refractivity contribution in [3.63, 3.8) is 0 Å². The number of pyridine rings is 1. The number of aromatic nitrogens is 3. The minimum Gasteiger partial charge on any atom is -0.219 e. The van der Waals surface area contributed by atoms with E-state index in [0.29, 0.717) is 5.02 Å². The monoisotopic (exact) mass is 181 g/mol. The lowest BCUT2D eigenvalue weighted by molar-refractivity contribution is 0.947. The van der Waals surface area contributed by atoms with Gasteiger partial charge in [0.25, 0.3) is 0 Å². The fourth-order valence-electron chi connectivity index (χ4n) is 1.22. The van der Waals surface area contributed by atoms with E-state index in [9.17, 15) is 0 Å². The first-order valence-electron chi connectivity index (χ1n) is 3.79. The minimum absolute atomic E-state index is 0.699. The molecule has 0 fully saturated rings. The summed E-state index contributed by atoms with van der Waals surface area (Å²) in [6.45, 7) is 2.07. The lowest BCUT2D eigenvalue weighted by atomic mass is 10.2. The van der Waals surface area contributed by atoms with Crippen molar-refractivity contribution in [3.05, 3.63) is 29.2 Å². The normalized spacial score (nSPS) is 10.8. The minimum atomic E-state index is 0.699. The van der Waals surface area contributed by atoms with Crippen molar-refractivity contribution in [1.82, 2.24) is 14.6 Å². The van der Waals surface area contributed by atoms with E-state index in [1.807, 2.05) is 6.07 Å². The number of aryl methyl sites for hydroxylation is 1. The van der Waals surface area contributed by atoms with Gasteiger partial charge in [-0.25, -0.2) is 9.50 Å². The Hall–Kier alpha value is -1.09. The highest BCUT2D eigenvalue weighted by Gasteiger charge is 2.02. The fourth-order valence-corrected chi connectivity index (χ4v) is 1.44. The Morgan fingerprint density at radius 1 is 1.58 bits per heavy atom. The molecule has 0 saturated carbocycles. The van der Waals surface area contributed by atoms with E-state index in [1.54, 1.807) is 10.7 Å². The molecular weight excluding hydrogens is 174 g/mol. The van der Waals surface area contributed by atoms with E-state index in [0.717, 1.165) is 17.6 Å². The Balaban J connectivity index is 2.80. The summed E-state index contributed by atoms with van der Waals surface area (Å²) in [4.78, 5) is 4.12. The molecule has 0 spiro atoms. The van der Waals surface area contributed by atoms with Gasteiger partial charge in [-0.3, -0.25) is 0 Å². The molecule has 2 aromatic rings. The van der Waals surface area contributed by atoms with E-state index in [2.05, 4.69) is 17.0 Å². The molecular formula is C8H8ClN3. The Morgan fingerprint density at radius 3 is 3.17 bits per heavy atom. The maximum absolute atomic E-state index is 5.87. The fraction of sp³-hybridized carbons (Fsp3) is 0.250. The third-order valence-corrected chi connectivity index (χ3v) is 2.01. The van der Waals surface area contributed by atoms with Crippen LogP contribution in [0.1, 0.15) is 12.5 Å². The second kappa shape index (κ2) is 2.75. The maximum atomic E-state index is 5.87. The van der Waals surface area contributed by atoms with Gasteiger partial charge in [0, 0.05) is 6.20 Å². The summed E-state index contributed by atoms with van der Waals surface area (Å²) in [7, 11) is 0. The second-order valence-electron chi connectivity index (χ2n) is 2.57. The van der Waals surface area contributed by atoms with Crippen LogP contribution < -0.4 is 0 Å². The van der Waals surface area contributed by atoms with Crippen molar-refractivity contribution in [3.8, 4) is 0 Å². The molecule has 0 aliphatic carbocycles. The summed E-state index contributed by atoms with van der Waals surface area (Å²) in [5.74, 6) is 0. The average molecular weight is 182 g/mol. The summed E-state index contributed by atoms with van der Waals surface area (Å²) >= 11 is 5.87. The molecule has 12 heavy (non-hydrogen) atoms. The number of hydrogen-bond acceptors (Lipinski definition) is 2. The zero-order chi connectivity index (χ0) is 8.55. The standard InChI is InChI=1S/C8H8ClN3/c1-2-6-3-7(9)4-12-8(6)10-5-11-12/h3-5H,2H2,1H3. The van der Waals surface area contributed by atoms with Crippen LogP contribution in [0.5, 0.6) is 0 Å². The molecule has 2 aromatic heterocycles. The Labute approximate surface area is 75.0 Å². The van der Waals surface area contributed by atoms with Gasteiger partial charge in [-0.2, -0.15) is 5.10 Å². The lowest BCUT2D eigenvalue weighted by Crippen LogP contribution is -1.92. The van der Waals surface area contributed by atoms with Crippen LogP contribution in [0.4, 0.5) is 0 Å². The zero-order valence-corrected chi connectivity index (χ0v) is 7.41. The van der Waals surface area contributed by atoms with Gasteiger partial charge in [-0.1, -0.05) is 18.5 Å². The Morgan fingerprint density at radius 2 is 2.42 bits per heavy atom. The molecule has 0 aliphatic heterocycles. The van der Waals surface area contributed by atoms with Gasteiger partial charge < -0.3 is 0 Å². The van der Waals surface area contributed by atoms with E-state index in [-0.39, 0.29) is 0 Å². The van der Waals surface area contributed by atoms with Gasteiger partial charge >= 0.3 is 0 Å². The molecule has 0 saturated heterocycles. The van der Waals surface area contributed by atoms with Crippen LogP contribution in [0.25, 0.3) is 5.65 Å². The number of nitrogens with zero attached hydrogens (tertiary/aromatic N) is 3. The van der Waals surface area contributed by atoms with Gasteiger partial charge in [0.05, 0.1) is 5.02 Å². The highest BCUT2D eigenvalue weighted by molar-refractivity contribution is 6.30. The van der Waals surface area contributed by atoms with Gasteiger partial charge in [0.1, 0.15) is 6.33 Å². The molecule has 2 rings (SSSR count). The van der Waals surface area contributed by atoms with Crippen LogP contribution in [-0.4, -0.2) is 14.6 Å². The number of rotatable bonds is 1. The Kier molecular flexibility index (Phi) is 1.73. The van der Waals surface area contributed by atoms with E-state index in [4.69, 9.17) is 11.6 Å². The van der Waals surface area contributed by atoms with Crippen LogP contribution in [0.2, 0.25) is 5.02 Å². The van der Waals surface area contributed by atoms with Crippen molar-refractivity contribution >= 4 is 17.2 Å². The maximum Gasteiger partial charge on any atom is 0.158 e. The largest absolute Gasteiger partial charge is 0.219 e. The van der Waals surface area contributed by atoms with Crippen molar-refractivity contribution < 1.29 is 0 Å². The van der Waals surface area contributed by atoms with Crippen molar-refractivity contribution in [2.75, 3.05) is 0 Å². The van der Waals surface area contributed by atoms with E-state index >= 15 is 0 Å². The molecule has 0 radical (unpaired) electrons. The molecule has 0 aliphatic rings. The van der Waals surface area contributed by atoms with Crippen LogP contribution in [-0.2, 0) is 6.42 Å². The summed E-state index contributed by atoms with van der Waals surface area (Å²) < 4.78 is 1.70. The molecule has 3 nitrogen and oxygen atoms in total. The smallest absolute Gasteiger partial charge is 0.158 e. The predicted molar refractivity (Wildman–Crippen MR) is 47.4 cm³/mol. The van der Waals surface area contributed by atoms with Crippen LogP contribution in [0.15, 0.2) is 18.6 Å². The molecule has 0 atom stereocenters. The van der Waals surface area contributed by atoms with Gasteiger partial charge in [-0.05, 0) is 18.1 Å². The highest BCUT2D eigenvalue weighted by atomic mass is 35.5. The number of halogens is 1. The van der Waals surface area contributed by atoms with Crippen LogP contribution in [0, 0.1) is 0 Å².